The molecule has 3 N–H and O–H groups in total. The van der Waals surface area contributed by atoms with Gasteiger partial charge in [-0.25, -0.2) is 0 Å². The Bertz CT molecular complexity index is 557. The van der Waals surface area contributed by atoms with Crippen molar-refractivity contribution in [3.8, 4) is 0 Å². The smallest absolute Gasteiger partial charge is 0.239 e. The molecule has 0 fully saturated rings. The summed E-state index contributed by atoms with van der Waals surface area (Å²) in [4.78, 5) is 18.3. The van der Waals surface area contributed by atoms with Crippen molar-refractivity contribution in [3.05, 3.63) is 35.9 Å². The van der Waals surface area contributed by atoms with Gasteiger partial charge in [0.1, 0.15) is 0 Å². The third-order valence-corrected chi connectivity index (χ3v) is 3.75. The summed E-state index contributed by atoms with van der Waals surface area (Å²) in [5.74, 6) is 0.578. The summed E-state index contributed by atoms with van der Waals surface area (Å²) in [6.07, 6.45) is 0. The first-order chi connectivity index (χ1) is 11.7. The van der Waals surface area contributed by atoms with Gasteiger partial charge in [0, 0.05) is 31.7 Å². The second-order valence-electron chi connectivity index (χ2n) is 7.35. The van der Waals surface area contributed by atoms with Crippen molar-refractivity contribution in [2.75, 3.05) is 27.2 Å². The number of halogens is 1. The molecule has 0 aliphatic rings. The third kappa shape index (κ3) is 10.6. The number of hydrogen-bond acceptors (Lipinski definition) is 3. The van der Waals surface area contributed by atoms with Crippen molar-refractivity contribution >= 4 is 35.8 Å². The van der Waals surface area contributed by atoms with Gasteiger partial charge in [-0.1, -0.05) is 30.3 Å². The number of carbonyl (C=O) groups excluding carboxylic acids is 1. The molecule has 0 aromatic heterocycles. The highest BCUT2D eigenvalue weighted by Crippen LogP contribution is 2.05. The maximum Gasteiger partial charge on any atom is 0.239 e. The number of hydrogen-bond donors (Lipinski definition) is 3. The molecule has 0 bridgehead atoms. The lowest BCUT2D eigenvalue weighted by Gasteiger charge is -2.26. The number of carbonyl (C=O) groups is 1. The summed E-state index contributed by atoms with van der Waals surface area (Å²) >= 11 is 0. The summed E-state index contributed by atoms with van der Waals surface area (Å²) in [6, 6.07) is 10.7. The van der Waals surface area contributed by atoms with Gasteiger partial charge >= 0.3 is 0 Å². The monoisotopic (exact) mass is 475 g/mol. The molecule has 148 valence electrons. The van der Waals surface area contributed by atoms with Crippen LogP contribution < -0.4 is 16.0 Å². The molecule has 1 rings (SSSR count). The first kappa shape index (κ1) is 24.7. The third-order valence-electron chi connectivity index (χ3n) is 3.75. The van der Waals surface area contributed by atoms with E-state index in [2.05, 4.69) is 64.1 Å². The van der Waals surface area contributed by atoms with Gasteiger partial charge in [0.2, 0.25) is 5.91 Å². The van der Waals surface area contributed by atoms with Crippen molar-refractivity contribution in [3.63, 3.8) is 0 Å². The van der Waals surface area contributed by atoms with Crippen LogP contribution in [0.4, 0.5) is 0 Å². The van der Waals surface area contributed by atoms with Crippen LogP contribution in [-0.2, 0) is 11.3 Å². The van der Waals surface area contributed by atoms with Crippen LogP contribution in [0.3, 0.4) is 0 Å². The van der Waals surface area contributed by atoms with Gasteiger partial charge in [0.05, 0.1) is 6.54 Å². The average molecular weight is 475 g/mol. The van der Waals surface area contributed by atoms with Crippen LogP contribution >= 0.6 is 24.0 Å². The molecule has 6 nitrogen and oxygen atoms in total. The zero-order valence-electron chi connectivity index (χ0n) is 16.8. The predicted molar refractivity (Wildman–Crippen MR) is 120 cm³/mol. The number of likely N-dealkylation sites (N-methyl/N-ethyl adjacent to an activating group) is 1. The second kappa shape index (κ2) is 12.1. The topological polar surface area (TPSA) is 68.8 Å². The van der Waals surface area contributed by atoms with Gasteiger partial charge in [-0.2, -0.15) is 0 Å². The van der Waals surface area contributed by atoms with Crippen LogP contribution in [0.1, 0.15) is 33.3 Å². The van der Waals surface area contributed by atoms with Gasteiger partial charge in [0.25, 0.3) is 0 Å². The summed E-state index contributed by atoms with van der Waals surface area (Å²) < 4.78 is 0. The lowest BCUT2D eigenvalue weighted by molar-refractivity contribution is -0.121. The molecule has 26 heavy (non-hydrogen) atoms. The van der Waals surface area contributed by atoms with Crippen LogP contribution in [0.2, 0.25) is 0 Å². The molecule has 0 saturated carbocycles. The number of benzene rings is 1. The molecule has 0 heterocycles. The number of rotatable bonds is 7. The Balaban J connectivity index is 0.00000625. The number of nitrogens with zero attached hydrogens (tertiary/aromatic N) is 2. The quantitative estimate of drug-likeness (QED) is 0.322. The highest BCUT2D eigenvalue weighted by molar-refractivity contribution is 14.0. The molecule has 1 atom stereocenters. The van der Waals surface area contributed by atoms with Crippen LogP contribution in [0.25, 0.3) is 0 Å². The Kier molecular flexibility index (Phi) is 11.5. The Morgan fingerprint density at radius 3 is 2.35 bits per heavy atom. The predicted octanol–water partition coefficient (Wildman–Crippen LogP) is 2.20. The van der Waals surface area contributed by atoms with Crippen molar-refractivity contribution in [2.24, 2.45) is 4.99 Å². The van der Waals surface area contributed by atoms with E-state index < -0.39 is 0 Å². The fraction of sp³-hybridized carbons (Fsp3) is 0.579. The Hall–Kier alpha value is -1.35. The zero-order chi connectivity index (χ0) is 18.9. The molecule has 1 amide bonds. The Morgan fingerprint density at radius 2 is 1.81 bits per heavy atom. The normalized spacial score (nSPS) is 13.0. The second-order valence-corrected chi connectivity index (χ2v) is 7.35. The zero-order valence-corrected chi connectivity index (χ0v) is 19.1. The van der Waals surface area contributed by atoms with E-state index in [0.717, 1.165) is 13.1 Å². The molecule has 0 spiro atoms. The van der Waals surface area contributed by atoms with E-state index >= 15 is 0 Å². The van der Waals surface area contributed by atoms with Crippen molar-refractivity contribution < 1.29 is 4.79 Å². The standard InChI is InChI=1S/C19H33N5O.HI/c1-15(24(6)14-16-10-8-7-9-11-16)12-21-18(20-5)22-13-17(25)23-19(2,3)4;/h7-11,15H,12-14H2,1-6H3,(H,23,25)(H2,20,21,22);1H. The summed E-state index contributed by atoms with van der Waals surface area (Å²) in [5.41, 5.74) is 1.06. The van der Waals surface area contributed by atoms with Gasteiger partial charge in [0.15, 0.2) is 5.96 Å². The summed E-state index contributed by atoms with van der Waals surface area (Å²) in [7, 11) is 3.81. The molecule has 0 radical (unpaired) electrons. The van der Waals surface area contributed by atoms with E-state index in [1.165, 1.54) is 5.56 Å². The molecule has 0 aliphatic carbocycles. The summed E-state index contributed by atoms with van der Waals surface area (Å²) in [6.45, 7) is 9.88. The molecule has 0 aliphatic heterocycles. The minimum absolute atomic E-state index is 0. The minimum atomic E-state index is -0.232. The van der Waals surface area contributed by atoms with Crippen molar-refractivity contribution in [1.29, 1.82) is 0 Å². The molecule has 0 saturated heterocycles. The van der Waals surface area contributed by atoms with E-state index in [0.29, 0.717) is 12.0 Å². The average Bonchev–Trinajstić information content (AvgIpc) is 2.54. The largest absolute Gasteiger partial charge is 0.355 e. The van der Waals surface area contributed by atoms with Crippen molar-refractivity contribution in [2.45, 2.75) is 45.8 Å². The minimum Gasteiger partial charge on any atom is -0.355 e. The van der Waals surface area contributed by atoms with Gasteiger partial charge in [-0.05, 0) is 40.3 Å². The molecule has 1 aromatic rings. The fourth-order valence-corrected chi connectivity index (χ4v) is 2.27. The van der Waals surface area contributed by atoms with Crippen LogP contribution in [0.15, 0.2) is 35.3 Å². The fourth-order valence-electron chi connectivity index (χ4n) is 2.27. The number of nitrogens with one attached hydrogen (secondary N) is 3. The Morgan fingerprint density at radius 1 is 1.19 bits per heavy atom. The lowest BCUT2D eigenvalue weighted by atomic mass is 10.1. The Labute approximate surface area is 175 Å². The van der Waals surface area contributed by atoms with Gasteiger partial charge in [-0.15, -0.1) is 24.0 Å². The number of aliphatic imine (C=N–C) groups is 1. The maximum absolute atomic E-state index is 11.9. The molecular weight excluding hydrogens is 441 g/mol. The first-order valence-corrected chi connectivity index (χ1v) is 8.71. The molecular formula is C19H34IN5O. The SMILES string of the molecule is CN=C(NCC(=O)NC(C)(C)C)NCC(C)N(C)Cc1ccccc1.I. The molecule has 7 heteroatoms. The first-order valence-electron chi connectivity index (χ1n) is 8.71. The van der Waals surface area contributed by atoms with E-state index in [9.17, 15) is 4.79 Å². The van der Waals surface area contributed by atoms with E-state index in [1.807, 2.05) is 26.8 Å². The highest BCUT2D eigenvalue weighted by atomic mass is 127. The van der Waals surface area contributed by atoms with Crippen LogP contribution in [-0.4, -0.2) is 55.5 Å². The number of amides is 1. The number of guanidine groups is 1. The lowest BCUT2D eigenvalue weighted by Crippen LogP contribution is -2.49. The highest BCUT2D eigenvalue weighted by Gasteiger charge is 2.14. The van der Waals surface area contributed by atoms with Crippen molar-refractivity contribution in [1.82, 2.24) is 20.9 Å². The van der Waals surface area contributed by atoms with Crippen LogP contribution in [0.5, 0.6) is 0 Å². The van der Waals surface area contributed by atoms with E-state index in [-0.39, 0.29) is 42.0 Å². The molecule has 1 unspecified atom stereocenters. The maximum atomic E-state index is 11.9. The van der Waals surface area contributed by atoms with Gasteiger partial charge in [-0.3, -0.25) is 14.7 Å². The molecule has 1 aromatic carbocycles. The van der Waals surface area contributed by atoms with Gasteiger partial charge < -0.3 is 16.0 Å². The van der Waals surface area contributed by atoms with E-state index in [1.54, 1.807) is 7.05 Å². The van der Waals surface area contributed by atoms with Crippen LogP contribution in [0, 0.1) is 0 Å². The summed E-state index contributed by atoms with van der Waals surface area (Å²) in [5, 5.41) is 9.23. The van der Waals surface area contributed by atoms with E-state index in [4.69, 9.17) is 0 Å².